The zero-order chi connectivity index (χ0) is 14.8. The predicted octanol–water partition coefficient (Wildman–Crippen LogP) is 1.59. The van der Waals surface area contributed by atoms with Crippen molar-refractivity contribution in [1.29, 1.82) is 0 Å². The molecule has 2 heterocycles. The molecule has 1 aromatic heterocycles. The molecular formula is C14H15N5O2. The first kappa shape index (κ1) is 13.3. The van der Waals surface area contributed by atoms with E-state index in [0.717, 1.165) is 17.0 Å². The van der Waals surface area contributed by atoms with Crippen molar-refractivity contribution in [2.75, 3.05) is 7.11 Å². The molecule has 21 heavy (non-hydrogen) atoms. The lowest BCUT2D eigenvalue weighted by atomic mass is 10.2. The van der Waals surface area contributed by atoms with E-state index in [1.807, 2.05) is 31.2 Å². The van der Waals surface area contributed by atoms with E-state index >= 15 is 0 Å². The average molecular weight is 285 g/mol. The highest BCUT2D eigenvalue weighted by molar-refractivity contribution is 6.03. The smallest absolute Gasteiger partial charge is 0.248 e. The Morgan fingerprint density at radius 2 is 2.10 bits per heavy atom. The van der Waals surface area contributed by atoms with Crippen LogP contribution < -0.4 is 4.74 Å². The van der Waals surface area contributed by atoms with Crippen molar-refractivity contribution in [3.05, 3.63) is 30.1 Å². The van der Waals surface area contributed by atoms with Gasteiger partial charge >= 0.3 is 0 Å². The number of aromatic nitrogens is 3. The number of rotatable bonds is 4. The monoisotopic (exact) mass is 285 g/mol. The van der Waals surface area contributed by atoms with Gasteiger partial charge in [0, 0.05) is 11.3 Å². The van der Waals surface area contributed by atoms with Gasteiger partial charge in [-0.2, -0.15) is 10.2 Å². The van der Waals surface area contributed by atoms with Gasteiger partial charge in [-0.05, 0) is 31.2 Å². The summed E-state index contributed by atoms with van der Waals surface area (Å²) >= 11 is 0. The Hall–Kier alpha value is -2.70. The summed E-state index contributed by atoms with van der Waals surface area (Å²) in [5.74, 6) is 1.95. The van der Waals surface area contributed by atoms with Crippen LogP contribution in [0.3, 0.4) is 0 Å². The van der Waals surface area contributed by atoms with E-state index in [1.165, 1.54) is 5.01 Å². The molecule has 0 aliphatic carbocycles. The van der Waals surface area contributed by atoms with Crippen molar-refractivity contribution >= 4 is 11.6 Å². The molecule has 1 amide bonds. The quantitative estimate of drug-likeness (QED) is 0.924. The maximum atomic E-state index is 11.7. The fourth-order valence-corrected chi connectivity index (χ4v) is 2.11. The summed E-state index contributed by atoms with van der Waals surface area (Å²) in [6.07, 6.45) is 0.374. The molecule has 2 aromatic rings. The van der Waals surface area contributed by atoms with Gasteiger partial charge in [-0.3, -0.25) is 9.89 Å². The number of hydrogen-bond donors (Lipinski definition) is 1. The Bertz CT molecular complexity index is 690. The number of methoxy groups -OCH3 is 1. The fourth-order valence-electron chi connectivity index (χ4n) is 2.11. The summed E-state index contributed by atoms with van der Waals surface area (Å²) in [4.78, 5) is 16.1. The summed E-state index contributed by atoms with van der Waals surface area (Å²) in [6, 6.07) is 7.47. The number of aromatic amines is 1. The third kappa shape index (κ3) is 2.76. The third-order valence-corrected chi connectivity index (χ3v) is 3.17. The minimum Gasteiger partial charge on any atom is -0.497 e. The molecule has 1 aliphatic heterocycles. The van der Waals surface area contributed by atoms with Crippen LogP contribution in [0.2, 0.25) is 0 Å². The van der Waals surface area contributed by atoms with Crippen molar-refractivity contribution in [2.24, 2.45) is 5.10 Å². The number of H-pyrrole nitrogens is 1. The number of carbonyl (C=O) groups is 1. The Balaban J connectivity index is 1.75. The molecule has 0 radical (unpaired) electrons. The number of ether oxygens (including phenoxy) is 1. The highest BCUT2D eigenvalue weighted by Crippen LogP contribution is 2.19. The highest BCUT2D eigenvalue weighted by Gasteiger charge is 2.22. The van der Waals surface area contributed by atoms with Crippen molar-refractivity contribution in [1.82, 2.24) is 20.2 Å². The number of hydrogen-bond acceptors (Lipinski definition) is 5. The van der Waals surface area contributed by atoms with Gasteiger partial charge < -0.3 is 4.74 Å². The van der Waals surface area contributed by atoms with Gasteiger partial charge in [0.15, 0.2) is 5.82 Å². The standard InChI is InChI=1S/C14H15N5O2/c1-9-7-13(20)19(18-9)8-12-15-14(17-16-12)10-3-5-11(21-2)6-4-10/h3-6H,7-8H2,1-2H3,(H,15,16,17). The molecule has 0 saturated carbocycles. The van der Waals surface area contributed by atoms with E-state index < -0.39 is 0 Å². The lowest BCUT2D eigenvalue weighted by Gasteiger charge is -2.08. The summed E-state index contributed by atoms with van der Waals surface area (Å²) < 4.78 is 5.11. The Kier molecular flexibility index (Phi) is 3.39. The Morgan fingerprint density at radius 1 is 1.33 bits per heavy atom. The fraction of sp³-hybridized carbons (Fsp3) is 0.286. The maximum absolute atomic E-state index is 11.7. The number of nitrogens with zero attached hydrogens (tertiary/aromatic N) is 4. The van der Waals surface area contributed by atoms with Gasteiger partial charge in [0.25, 0.3) is 0 Å². The molecule has 1 aromatic carbocycles. The van der Waals surface area contributed by atoms with Crippen LogP contribution in [-0.2, 0) is 11.3 Å². The Morgan fingerprint density at radius 3 is 2.71 bits per heavy atom. The highest BCUT2D eigenvalue weighted by atomic mass is 16.5. The molecule has 3 rings (SSSR count). The normalized spacial score (nSPS) is 14.5. The van der Waals surface area contributed by atoms with Crippen LogP contribution in [0.1, 0.15) is 19.2 Å². The second kappa shape index (κ2) is 5.35. The zero-order valence-electron chi connectivity index (χ0n) is 11.8. The SMILES string of the molecule is COc1ccc(-c2n[nH]c(CN3N=C(C)CC3=O)n2)cc1. The second-order valence-corrected chi connectivity index (χ2v) is 4.80. The van der Waals surface area contributed by atoms with Gasteiger partial charge in [-0.1, -0.05) is 0 Å². The molecule has 0 saturated heterocycles. The third-order valence-electron chi connectivity index (χ3n) is 3.17. The van der Waals surface area contributed by atoms with Gasteiger partial charge in [0.1, 0.15) is 18.1 Å². The van der Waals surface area contributed by atoms with E-state index in [2.05, 4.69) is 20.3 Å². The van der Waals surface area contributed by atoms with Crippen LogP contribution in [0.15, 0.2) is 29.4 Å². The summed E-state index contributed by atoms with van der Waals surface area (Å²) in [7, 11) is 1.62. The lowest BCUT2D eigenvalue weighted by molar-refractivity contribution is -0.129. The zero-order valence-corrected chi connectivity index (χ0v) is 11.8. The second-order valence-electron chi connectivity index (χ2n) is 4.80. The maximum Gasteiger partial charge on any atom is 0.248 e. The van der Waals surface area contributed by atoms with Gasteiger partial charge in [0.2, 0.25) is 5.91 Å². The largest absolute Gasteiger partial charge is 0.497 e. The summed E-state index contributed by atoms with van der Waals surface area (Å²) in [6.45, 7) is 2.14. The van der Waals surface area contributed by atoms with E-state index in [4.69, 9.17) is 4.74 Å². The van der Waals surface area contributed by atoms with Crippen LogP contribution in [0.4, 0.5) is 0 Å². The van der Waals surface area contributed by atoms with Crippen LogP contribution in [0.25, 0.3) is 11.4 Å². The molecule has 1 N–H and O–H groups in total. The summed E-state index contributed by atoms with van der Waals surface area (Å²) in [5, 5.41) is 12.6. The minimum atomic E-state index is -0.0186. The van der Waals surface area contributed by atoms with Crippen LogP contribution in [0.5, 0.6) is 5.75 Å². The van der Waals surface area contributed by atoms with Crippen LogP contribution in [0, 0.1) is 0 Å². The topological polar surface area (TPSA) is 83.5 Å². The van der Waals surface area contributed by atoms with Gasteiger partial charge in [-0.25, -0.2) is 9.99 Å². The lowest BCUT2D eigenvalue weighted by Crippen LogP contribution is -2.20. The molecule has 1 aliphatic rings. The van der Waals surface area contributed by atoms with E-state index in [-0.39, 0.29) is 5.91 Å². The molecule has 7 nitrogen and oxygen atoms in total. The number of benzene rings is 1. The van der Waals surface area contributed by atoms with Crippen LogP contribution in [-0.4, -0.2) is 38.9 Å². The van der Waals surface area contributed by atoms with Gasteiger partial charge in [-0.15, -0.1) is 0 Å². The van der Waals surface area contributed by atoms with Crippen molar-refractivity contribution < 1.29 is 9.53 Å². The average Bonchev–Trinajstić information content (AvgIpc) is 3.07. The number of amides is 1. The molecular weight excluding hydrogens is 270 g/mol. The molecule has 0 spiro atoms. The molecule has 0 atom stereocenters. The van der Waals surface area contributed by atoms with Crippen molar-refractivity contribution in [3.8, 4) is 17.1 Å². The molecule has 0 bridgehead atoms. The molecule has 0 unspecified atom stereocenters. The first-order valence-corrected chi connectivity index (χ1v) is 6.56. The van der Waals surface area contributed by atoms with E-state index in [1.54, 1.807) is 7.11 Å². The summed E-state index contributed by atoms with van der Waals surface area (Å²) in [5.41, 5.74) is 1.70. The number of hydrazone groups is 1. The van der Waals surface area contributed by atoms with Gasteiger partial charge in [0.05, 0.1) is 13.5 Å². The van der Waals surface area contributed by atoms with E-state index in [0.29, 0.717) is 24.6 Å². The molecule has 108 valence electrons. The minimum absolute atomic E-state index is 0.0186. The number of carbonyl (C=O) groups excluding carboxylic acids is 1. The first-order valence-electron chi connectivity index (χ1n) is 6.56. The first-order chi connectivity index (χ1) is 10.2. The van der Waals surface area contributed by atoms with E-state index in [9.17, 15) is 4.79 Å². The number of nitrogens with one attached hydrogen (secondary N) is 1. The Labute approximate surface area is 121 Å². The molecule has 0 fully saturated rings. The molecule has 7 heteroatoms. The predicted molar refractivity (Wildman–Crippen MR) is 76.6 cm³/mol. The van der Waals surface area contributed by atoms with Crippen molar-refractivity contribution in [3.63, 3.8) is 0 Å². The van der Waals surface area contributed by atoms with Crippen molar-refractivity contribution in [2.45, 2.75) is 19.9 Å². The van der Waals surface area contributed by atoms with Crippen LogP contribution >= 0.6 is 0 Å².